The van der Waals surface area contributed by atoms with E-state index in [0.29, 0.717) is 11.1 Å². The van der Waals surface area contributed by atoms with Crippen LogP contribution >= 0.6 is 0 Å². The Morgan fingerprint density at radius 2 is 2.00 bits per heavy atom. The minimum atomic E-state index is -3.60. The van der Waals surface area contributed by atoms with E-state index >= 15 is 0 Å². The molecular weight excluding hydrogens is 304 g/mol. The number of aliphatic carboxylic acids is 1. The molecule has 6 nitrogen and oxygen atoms in total. The number of carboxylic acid groups (broad SMARTS) is 1. The van der Waals surface area contributed by atoms with Crippen LogP contribution in [0.15, 0.2) is 36.5 Å². The summed E-state index contributed by atoms with van der Waals surface area (Å²) in [4.78, 5) is 15.1. The molecule has 1 aromatic carbocycles. The van der Waals surface area contributed by atoms with Gasteiger partial charge in [-0.1, -0.05) is 31.2 Å². The van der Waals surface area contributed by atoms with Gasteiger partial charge in [0.1, 0.15) is 0 Å². The van der Waals surface area contributed by atoms with E-state index in [9.17, 15) is 13.2 Å². The quantitative estimate of drug-likeness (QED) is 0.875. The number of pyridine rings is 1. The Hall–Kier alpha value is -1.99. The molecular formula is C15H18N2O4S. The van der Waals surface area contributed by atoms with E-state index in [2.05, 4.69) is 4.98 Å². The van der Waals surface area contributed by atoms with Crippen molar-refractivity contribution in [2.75, 3.05) is 13.6 Å². The van der Waals surface area contributed by atoms with Crippen molar-refractivity contribution >= 4 is 26.9 Å². The van der Waals surface area contributed by atoms with Crippen molar-refractivity contribution in [2.24, 2.45) is 5.92 Å². The molecule has 2 rings (SSSR count). The van der Waals surface area contributed by atoms with Gasteiger partial charge in [-0.25, -0.2) is 12.7 Å². The first-order valence-corrected chi connectivity index (χ1v) is 8.41. The predicted molar refractivity (Wildman–Crippen MR) is 83.8 cm³/mol. The van der Waals surface area contributed by atoms with Gasteiger partial charge in [-0.2, -0.15) is 0 Å². The van der Waals surface area contributed by atoms with Crippen LogP contribution in [0.25, 0.3) is 10.9 Å². The largest absolute Gasteiger partial charge is 0.481 e. The average Bonchev–Trinajstić information content (AvgIpc) is 2.47. The topological polar surface area (TPSA) is 87.6 Å². The van der Waals surface area contributed by atoms with Crippen LogP contribution in [0.4, 0.5) is 0 Å². The number of sulfonamides is 1. The van der Waals surface area contributed by atoms with Crippen LogP contribution in [0.1, 0.15) is 12.5 Å². The van der Waals surface area contributed by atoms with Crippen molar-refractivity contribution in [3.05, 3.63) is 42.1 Å². The van der Waals surface area contributed by atoms with E-state index in [4.69, 9.17) is 5.11 Å². The van der Waals surface area contributed by atoms with Crippen LogP contribution in [0, 0.1) is 5.92 Å². The lowest BCUT2D eigenvalue weighted by molar-refractivity contribution is -0.141. The predicted octanol–water partition coefficient (Wildman–Crippen LogP) is 1.72. The Morgan fingerprint density at radius 1 is 1.32 bits per heavy atom. The number of carboxylic acids is 1. The SMILES string of the molecule is CC(CN(C)S(=O)(=O)Cc1cccc2cccnc12)C(=O)O. The van der Waals surface area contributed by atoms with Gasteiger partial charge in [0.05, 0.1) is 17.2 Å². The number of nitrogens with zero attached hydrogens (tertiary/aromatic N) is 2. The third-order valence-electron chi connectivity index (χ3n) is 3.48. The van der Waals surface area contributed by atoms with Gasteiger partial charge >= 0.3 is 5.97 Å². The molecule has 0 amide bonds. The summed E-state index contributed by atoms with van der Waals surface area (Å²) < 4.78 is 25.9. The first-order chi connectivity index (χ1) is 10.3. The van der Waals surface area contributed by atoms with Gasteiger partial charge in [0.2, 0.25) is 10.0 Å². The molecule has 7 heteroatoms. The van der Waals surface area contributed by atoms with E-state index in [-0.39, 0.29) is 12.3 Å². The van der Waals surface area contributed by atoms with Gasteiger partial charge < -0.3 is 5.11 Å². The lowest BCUT2D eigenvalue weighted by Gasteiger charge is -2.19. The van der Waals surface area contributed by atoms with Crippen LogP contribution < -0.4 is 0 Å². The molecule has 0 aliphatic rings. The minimum absolute atomic E-state index is 0.0597. The summed E-state index contributed by atoms with van der Waals surface area (Å²) in [5.74, 6) is -1.98. The summed E-state index contributed by atoms with van der Waals surface area (Å²) >= 11 is 0. The van der Waals surface area contributed by atoms with Crippen LogP contribution in [-0.2, 0) is 20.6 Å². The molecule has 22 heavy (non-hydrogen) atoms. The summed E-state index contributed by atoms with van der Waals surface area (Å²) in [6, 6.07) is 9.04. The molecule has 2 aromatic rings. The number of para-hydroxylation sites is 1. The third-order valence-corrected chi connectivity index (χ3v) is 5.26. The zero-order chi connectivity index (χ0) is 16.3. The minimum Gasteiger partial charge on any atom is -0.481 e. The Balaban J connectivity index is 2.25. The van der Waals surface area contributed by atoms with E-state index in [1.54, 1.807) is 24.4 Å². The zero-order valence-electron chi connectivity index (χ0n) is 12.4. The molecule has 0 saturated carbocycles. The highest BCUT2D eigenvalue weighted by Gasteiger charge is 2.24. The molecule has 1 N–H and O–H groups in total. The highest BCUT2D eigenvalue weighted by molar-refractivity contribution is 7.88. The number of hydrogen-bond acceptors (Lipinski definition) is 4. The summed E-state index contributed by atoms with van der Waals surface area (Å²) in [7, 11) is -2.21. The first kappa shape index (κ1) is 16.4. The molecule has 0 aliphatic carbocycles. The van der Waals surface area contributed by atoms with Crippen molar-refractivity contribution in [3.63, 3.8) is 0 Å². The average molecular weight is 322 g/mol. The van der Waals surface area contributed by atoms with E-state index in [1.165, 1.54) is 14.0 Å². The van der Waals surface area contributed by atoms with Crippen LogP contribution in [0.5, 0.6) is 0 Å². The molecule has 0 saturated heterocycles. The molecule has 0 spiro atoms. The molecule has 0 fully saturated rings. The summed E-state index contributed by atoms with van der Waals surface area (Å²) in [6.45, 7) is 1.42. The summed E-state index contributed by atoms with van der Waals surface area (Å²) in [5, 5.41) is 9.77. The molecule has 0 radical (unpaired) electrons. The number of fused-ring (bicyclic) bond motifs is 1. The van der Waals surface area contributed by atoms with Crippen molar-refractivity contribution in [1.82, 2.24) is 9.29 Å². The molecule has 1 unspecified atom stereocenters. The molecule has 1 atom stereocenters. The lowest BCUT2D eigenvalue weighted by atomic mass is 10.1. The maximum absolute atomic E-state index is 12.4. The molecule has 1 aromatic heterocycles. The maximum Gasteiger partial charge on any atom is 0.307 e. The smallest absolute Gasteiger partial charge is 0.307 e. The standard InChI is InChI=1S/C15H18N2O4S/c1-11(15(18)19)9-17(2)22(20,21)10-13-6-3-5-12-7-4-8-16-14(12)13/h3-8,11H,9-10H2,1-2H3,(H,18,19). The fraction of sp³-hybridized carbons (Fsp3) is 0.333. The highest BCUT2D eigenvalue weighted by atomic mass is 32.2. The number of carbonyl (C=O) groups is 1. The number of aromatic nitrogens is 1. The van der Waals surface area contributed by atoms with Crippen molar-refractivity contribution < 1.29 is 18.3 Å². The van der Waals surface area contributed by atoms with Crippen LogP contribution in [0.3, 0.4) is 0 Å². The fourth-order valence-corrected chi connectivity index (χ4v) is 3.46. The Kier molecular flexibility index (Phi) is 4.77. The lowest BCUT2D eigenvalue weighted by Crippen LogP contribution is -2.34. The molecule has 0 bridgehead atoms. The highest BCUT2D eigenvalue weighted by Crippen LogP contribution is 2.19. The van der Waals surface area contributed by atoms with Crippen LogP contribution in [0.2, 0.25) is 0 Å². The van der Waals surface area contributed by atoms with Gasteiger partial charge in [0, 0.05) is 25.2 Å². The third kappa shape index (κ3) is 3.61. The van der Waals surface area contributed by atoms with Gasteiger partial charge in [-0.05, 0) is 11.6 Å². The molecule has 1 heterocycles. The second kappa shape index (κ2) is 6.41. The van der Waals surface area contributed by atoms with E-state index in [0.717, 1.165) is 9.69 Å². The second-order valence-corrected chi connectivity index (χ2v) is 7.34. The normalized spacial score (nSPS) is 13.4. The monoisotopic (exact) mass is 322 g/mol. The summed E-state index contributed by atoms with van der Waals surface area (Å²) in [5.41, 5.74) is 1.25. The maximum atomic E-state index is 12.4. The summed E-state index contributed by atoms with van der Waals surface area (Å²) in [6.07, 6.45) is 1.62. The zero-order valence-corrected chi connectivity index (χ0v) is 13.2. The molecule has 0 aliphatic heterocycles. The van der Waals surface area contributed by atoms with Gasteiger partial charge in [-0.15, -0.1) is 0 Å². The van der Waals surface area contributed by atoms with Crippen molar-refractivity contribution in [2.45, 2.75) is 12.7 Å². The second-order valence-electron chi connectivity index (χ2n) is 5.27. The van der Waals surface area contributed by atoms with E-state index < -0.39 is 21.9 Å². The fourth-order valence-electron chi connectivity index (χ4n) is 2.17. The van der Waals surface area contributed by atoms with E-state index in [1.807, 2.05) is 12.1 Å². The molecule has 118 valence electrons. The Bertz CT molecular complexity index is 784. The Morgan fingerprint density at radius 3 is 2.68 bits per heavy atom. The van der Waals surface area contributed by atoms with Gasteiger partial charge in [0.15, 0.2) is 0 Å². The number of benzene rings is 1. The van der Waals surface area contributed by atoms with Gasteiger partial charge in [0.25, 0.3) is 0 Å². The first-order valence-electron chi connectivity index (χ1n) is 6.80. The van der Waals surface area contributed by atoms with Crippen LogP contribution in [-0.4, -0.2) is 42.4 Å². The van der Waals surface area contributed by atoms with Crippen molar-refractivity contribution in [1.29, 1.82) is 0 Å². The number of rotatable bonds is 6. The Labute approximate surface area is 129 Å². The van der Waals surface area contributed by atoms with Crippen molar-refractivity contribution in [3.8, 4) is 0 Å². The number of hydrogen-bond donors (Lipinski definition) is 1. The van der Waals surface area contributed by atoms with Gasteiger partial charge in [-0.3, -0.25) is 9.78 Å².